The van der Waals surface area contributed by atoms with Crippen LogP contribution in [0.5, 0.6) is 0 Å². The quantitative estimate of drug-likeness (QED) is 0.867. The van der Waals surface area contributed by atoms with E-state index in [1.807, 2.05) is 0 Å². The van der Waals surface area contributed by atoms with Crippen molar-refractivity contribution < 1.29 is 17.9 Å². The third kappa shape index (κ3) is 4.33. The number of ether oxygens (including phenoxy) is 1. The Labute approximate surface area is 125 Å². The molecule has 1 N–H and O–H groups in total. The Morgan fingerprint density at radius 1 is 1.19 bits per heavy atom. The summed E-state index contributed by atoms with van der Waals surface area (Å²) in [7, 11) is 0. The van der Waals surface area contributed by atoms with E-state index < -0.39 is 6.36 Å². The van der Waals surface area contributed by atoms with Crippen LogP contribution in [0.15, 0.2) is 0 Å². The number of rotatable bonds is 3. The van der Waals surface area contributed by atoms with Crippen molar-refractivity contribution in [3.05, 3.63) is 0 Å². The lowest BCUT2D eigenvalue weighted by atomic mass is 9.81. The van der Waals surface area contributed by atoms with Gasteiger partial charge in [-0.2, -0.15) is 0 Å². The van der Waals surface area contributed by atoms with Crippen LogP contribution >= 0.6 is 0 Å². The number of hydrogen-bond donors (Lipinski definition) is 1. The highest BCUT2D eigenvalue weighted by atomic mass is 19.4. The summed E-state index contributed by atoms with van der Waals surface area (Å²) < 4.78 is 40.6. The van der Waals surface area contributed by atoms with E-state index in [0.29, 0.717) is 12.6 Å². The van der Waals surface area contributed by atoms with Crippen LogP contribution in [0.25, 0.3) is 0 Å². The summed E-state index contributed by atoms with van der Waals surface area (Å²) in [6.45, 7) is 8.26. The summed E-state index contributed by atoms with van der Waals surface area (Å²) in [5.41, 5.74) is 0.139. The van der Waals surface area contributed by atoms with Gasteiger partial charge in [-0.25, -0.2) is 0 Å². The molecular formula is C15H27F3N2O. The SMILES string of the molecule is CC(C)(C)C1CN(CCOC(F)(F)F)C2(CCCC2)CN1. The Bertz CT molecular complexity index is 346. The molecule has 3 nitrogen and oxygen atoms in total. The first-order chi connectivity index (χ1) is 9.62. The monoisotopic (exact) mass is 308 g/mol. The van der Waals surface area contributed by atoms with E-state index in [4.69, 9.17) is 0 Å². The number of halogens is 3. The van der Waals surface area contributed by atoms with Crippen LogP contribution in [-0.4, -0.2) is 49.1 Å². The summed E-state index contributed by atoms with van der Waals surface area (Å²) in [5.74, 6) is 0. The van der Waals surface area contributed by atoms with Gasteiger partial charge in [-0.1, -0.05) is 33.6 Å². The van der Waals surface area contributed by atoms with Gasteiger partial charge in [0.15, 0.2) is 0 Å². The lowest BCUT2D eigenvalue weighted by Crippen LogP contribution is -2.66. The topological polar surface area (TPSA) is 24.5 Å². The number of nitrogens with zero attached hydrogens (tertiary/aromatic N) is 1. The van der Waals surface area contributed by atoms with E-state index in [9.17, 15) is 13.2 Å². The van der Waals surface area contributed by atoms with Gasteiger partial charge in [-0.15, -0.1) is 13.2 Å². The number of alkyl halides is 3. The zero-order valence-electron chi connectivity index (χ0n) is 13.2. The molecular weight excluding hydrogens is 281 g/mol. The summed E-state index contributed by atoms with van der Waals surface area (Å²) in [6.07, 6.45) is -0.0525. The van der Waals surface area contributed by atoms with Crippen molar-refractivity contribution in [2.24, 2.45) is 5.41 Å². The van der Waals surface area contributed by atoms with Crippen molar-refractivity contribution in [1.29, 1.82) is 0 Å². The number of nitrogens with one attached hydrogen (secondary N) is 1. The second-order valence-electron chi connectivity index (χ2n) is 7.47. The first-order valence-electron chi connectivity index (χ1n) is 7.82. The molecule has 1 atom stereocenters. The summed E-state index contributed by atoms with van der Waals surface area (Å²) >= 11 is 0. The van der Waals surface area contributed by atoms with Crippen molar-refractivity contribution in [3.63, 3.8) is 0 Å². The van der Waals surface area contributed by atoms with E-state index in [2.05, 4.69) is 35.7 Å². The lowest BCUT2D eigenvalue weighted by Gasteiger charge is -2.51. The van der Waals surface area contributed by atoms with Crippen LogP contribution in [0.3, 0.4) is 0 Å². The van der Waals surface area contributed by atoms with E-state index in [0.717, 1.165) is 25.9 Å². The fourth-order valence-electron chi connectivity index (χ4n) is 3.61. The van der Waals surface area contributed by atoms with Crippen molar-refractivity contribution >= 4 is 0 Å². The van der Waals surface area contributed by atoms with Crippen molar-refractivity contribution in [2.75, 3.05) is 26.2 Å². The molecule has 6 heteroatoms. The summed E-state index contributed by atoms with van der Waals surface area (Å²) in [4.78, 5) is 2.25. The molecule has 2 rings (SSSR count). The van der Waals surface area contributed by atoms with Crippen molar-refractivity contribution in [1.82, 2.24) is 10.2 Å². The van der Waals surface area contributed by atoms with Crippen LogP contribution in [-0.2, 0) is 4.74 Å². The molecule has 1 aliphatic carbocycles. The van der Waals surface area contributed by atoms with Crippen LogP contribution in [0.4, 0.5) is 13.2 Å². The predicted molar refractivity (Wildman–Crippen MR) is 76.0 cm³/mol. The van der Waals surface area contributed by atoms with Crippen LogP contribution in [0.1, 0.15) is 46.5 Å². The largest absolute Gasteiger partial charge is 0.522 e. The van der Waals surface area contributed by atoms with Gasteiger partial charge in [0.1, 0.15) is 0 Å². The van der Waals surface area contributed by atoms with Crippen LogP contribution in [0.2, 0.25) is 0 Å². The minimum atomic E-state index is -4.53. The molecule has 1 heterocycles. The minimum absolute atomic E-state index is 0.0384. The molecule has 1 saturated heterocycles. The average molecular weight is 308 g/mol. The Morgan fingerprint density at radius 2 is 1.81 bits per heavy atom. The molecule has 21 heavy (non-hydrogen) atoms. The molecule has 1 saturated carbocycles. The van der Waals surface area contributed by atoms with Crippen molar-refractivity contribution in [2.45, 2.75) is 64.4 Å². The Hall–Kier alpha value is -0.330. The molecule has 0 aromatic rings. The van der Waals surface area contributed by atoms with E-state index in [-0.39, 0.29) is 17.6 Å². The van der Waals surface area contributed by atoms with Crippen LogP contribution < -0.4 is 5.32 Å². The molecule has 1 unspecified atom stereocenters. The molecule has 0 radical (unpaired) electrons. The standard InChI is InChI=1S/C15H27F3N2O/c1-13(2,3)12-10-20(8-9-21-15(16,17)18)14(11-19-12)6-4-5-7-14/h12,19H,4-11H2,1-3H3. The number of piperazine rings is 1. The van der Waals surface area contributed by atoms with Gasteiger partial charge in [0, 0.05) is 31.2 Å². The maximum absolute atomic E-state index is 12.2. The number of hydrogen-bond acceptors (Lipinski definition) is 3. The van der Waals surface area contributed by atoms with Gasteiger partial charge in [0.2, 0.25) is 0 Å². The second kappa shape index (κ2) is 6.05. The maximum Gasteiger partial charge on any atom is 0.522 e. The second-order valence-corrected chi connectivity index (χ2v) is 7.47. The smallest absolute Gasteiger partial charge is 0.310 e. The third-order valence-electron chi connectivity index (χ3n) is 4.96. The van der Waals surface area contributed by atoms with Gasteiger partial charge < -0.3 is 5.32 Å². The highest BCUT2D eigenvalue weighted by Gasteiger charge is 2.45. The molecule has 2 aliphatic rings. The molecule has 1 spiro atoms. The van der Waals surface area contributed by atoms with E-state index in [1.165, 1.54) is 12.8 Å². The molecule has 2 fully saturated rings. The highest BCUT2D eigenvalue weighted by Crippen LogP contribution is 2.38. The van der Waals surface area contributed by atoms with Gasteiger partial charge in [-0.05, 0) is 18.3 Å². The van der Waals surface area contributed by atoms with Gasteiger partial charge in [0.05, 0.1) is 6.61 Å². The fourth-order valence-corrected chi connectivity index (χ4v) is 3.61. The van der Waals surface area contributed by atoms with Crippen molar-refractivity contribution in [3.8, 4) is 0 Å². The van der Waals surface area contributed by atoms with Gasteiger partial charge >= 0.3 is 6.36 Å². The molecule has 0 amide bonds. The first-order valence-corrected chi connectivity index (χ1v) is 7.82. The average Bonchev–Trinajstić information content (AvgIpc) is 2.78. The maximum atomic E-state index is 12.2. The Balaban J connectivity index is 2.00. The van der Waals surface area contributed by atoms with E-state index in [1.54, 1.807) is 0 Å². The normalized spacial score (nSPS) is 27.4. The molecule has 1 aliphatic heterocycles. The fraction of sp³-hybridized carbons (Fsp3) is 1.00. The third-order valence-corrected chi connectivity index (χ3v) is 4.96. The zero-order chi connectivity index (χ0) is 15.7. The highest BCUT2D eigenvalue weighted by molar-refractivity contribution is 5.03. The van der Waals surface area contributed by atoms with Gasteiger partial charge in [0.25, 0.3) is 0 Å². The molecule has 0 bridgehead atoms. The lowest BCUT2D eigenvalue weighted by molar-refractivity contribution is -0.325. The zero-order valence-corrected chi connectivity index (χ0v) is 13.2. The van der Waals surface area contributed by atoms with E-state index >= 15 is 0 Å². The Morgan fingerprint density at radius 3 is 2.33 bits per heavy atom. The molecule has 0 aromatic carbocycles. The van der Waals surface area contributed by atoms with Crippen LogP contribution in [0, 0.1) is 5.41 Å². The van der Waals surface area contributed by atoms with Gasteiger partial charge in [-0.3, -0.25) is 9.64 Å². The molecule has 0 aromatic heterocycles. The summed E-state index contributed by atoms with van der Waals surface area (Å²) in [5, 5.41) is 3.62. The molecule has 124 valence electrons. The first kappa shape index (κ1) is 17.0. The Kier molecular flexibility index (Phi) is 4.90. The minimum Gasteiger partial charge on any atom is -0.310 e. The predicted octanol–water partition coefficient (Wildman–Crippen LogP) is 3.16. The summed E-state index contributed by atoms with van der Waals surface area (Å²) in [6, 6.07) is 0.301.